The van der Waals surface area contributed by atoms with E-state index in [9.17, 15) is 4.79 Å². The number of hydrogen-bond acceptors (Lipinski definition) is 2. The van der Waals surface area contributed by atoms with Crippen molar-refractivity contribution in [2.24, 2.45) is 0 Å². The van der Waals surface area contributed by atoms with Gasteiger partial charge in [-0.05, 0) is 19.1 Å². The van der Waals surface area contributed by atoms with Crippen molar-refractivity contribution in [2.75, 3.05) is 6.54 Å². The Hall–Kier alpha value is -1.55. The van der Waals surface area contributed by atoms with Crippen molar-refractivity contribution in [3.8, 4) is 0 Å². The molecule has 0 radical (unpaired) electrons. The molecular weight excluding hydrogens is 238 g/mol. The fourth-order valence-electron chi connectivity index (χ4n) is 1.80. The fourth-order valence-corrected chi connectivity index (χ4v) is 2.00. The monoisotopic (exact) mass is 251 g/mol. The molecule has 2 rings (SSSR count). The van der Waals surface area contributed by atoms with Crippen LogP contribution in [0.3, 0.4) is 0 Å². The quantitative estimate of drug-likeness (QED) is 0.844. The van der Waals surface area contributed by atoms with E-state index in [1.807, 2.05) is 35.8 Å². The maximum absolute atomic E-state index is 11.6. The number of aromatic nitrogens is 2. The average Bonchev–Trinajstić information content (AvgIpc) is 2.68. The number of halogens is 1. The summed E-state index contributed by atoms with van der Waals surface area (Å²) in [6.07, 6.45) is 0. The number of para-hydroxylation sites is 2. The topological polar surface area (TPSA) is 46.9 Å². The highest BCUT2D eigenvalue weighted by Gasteiger charge is 2.11. The molecule has 1 heterocycles. The summed E-state index contributed by atoms with van der Waals surface area (Å²) in [6.45, 7) is 2.78. The van der Waals surface area contributed by atoms with Crippen molar-refractivity contribution in [3.05, 3.63) is 30.1 Å². The molecular formula is C12H14ClN3O. The lowest BCUT2D eigenvalue weighted by molar-refractivity contribution is -0.121. The largest absolute Gasteiger partial charge is 0.355 e. The summed E-state index contributed by atoms with van der Waals surface area (Å²) in [7, 11) is 0. The second-order valence-corrected chi connectivity index (χ2v) is 3.96. The van der Waals surface area contributed by atoms with Gasteiger partial charge in [0.15, 0.2) is 0 Å². The van der Waals surface area contributed by atoms with Crippen LogP contribution in [0.15, 0.2) is 24.3 Å². The van der Waals surface area contributed by atoms with E-state index >= 15 is 0 Å². The summed E-state index contributed by atoms with van der Waals surface area (Å²) in [4.78, 5) is 16.0. The van der Waals surface area contributed by atoms with E-state index in [1.54, 1.807) is 0 Å². The van der Waals surface area contributed by atoms with Gasteiger partial charge < -0.3 is 9.88 Å². The zero-order valence-corrected chi connectivity index (χ0v) is 10.4. The van der Waals surface area contributed by atoms with Gasteiger partial charge in [0.05, 0.1) is 16.9 Å². The predicted molar refractivity (Wildman–Crippen MR) is 68.0 cm³/mol. The van der Waals surface area contributed by atoms with Crippen LogP contribution in [0.1, 0.15) is 12.7 Å². The first-order valence-corrected chi connectivity index (χ1v) is 6.06. The lowest BCUT2D eigenvalue weighted by Gasteiger charge is -2.07. The standard InChI is InChI=1S/C12H14ClN3O/c1-2-14-12(17)8-16-10-6-4-3-5-9(10)15-11(16)7-13/h3-6H,2,7-8H2,1H3,(H,14,17). The van der Waals surface area contributed by atoms with Crippen LogP contribution in [0.2, 0.25) is 0 Å². The van der Waals surface area contributed by atoms with Gasteiger partial charge in [0.25, 0.3) is 0 Å². The zero-order valence-electron chi connectivity index (χ0n) is 9.61. The van der Waals surface area contributed by atoms with E-state index in [1.165, 1.54) is 0 Å². The second kappa shape index (κ2) is 5.19. The Morgan fingerprint density at radius 3 is 2.94 bits per heavy atom. The predicted octanol–water partition coefficient (Wildman–Crippen LogP) is 1.91. The molecule has 0 saturated heterocycles. The summed E-state index contributed by atoms with van der Waals surface area (Å²) >= 11 is 5.85. The Kier molecular flexibility index (Phi) is 3.64. The molecule has 1 N–H and O–H groups in total. The highest BCUT2D eigenvalue weighted by Crippen LogP contribution is 2.16. The molecule has 1 aromatic heterocycles. The smallest absolute Gasteiger partial charge is 0.239 e. The molecule has 0 aliphatic carbocycles. The van der Waals surface area contributed by atoms with Gasteiger partial charge in [-0.1, -0.05) is 12.1 Å². The molecule has 0 saturated carbocycles. The van der Waals surface area contributed by atoms with Crippen LogP contribution >= 0.6 is 11.6 Å². The number of carbonyl (C=O) groups excluding carboxylic acids is 1. The molecule has 0 unspecified atom stereocenters. The van der Waals surface area contributed by atoms with Gasteiger partial charge in [0.2, 0.25) is 5.91 Å². The van der Waals surface area contributed by atoms with E-state index < -0.39 is 0 Å². The number of rotatable bonds is 4. The number of nitrogens with zero attached hydrogens (tertiary/aromatic N) is 2. The normalized spacial score (nSPS) is 10.7. The number of likely N-dealkylation sites (N-methyl/N-ethyl adjacent to an activating group) is 1. The Morgan fingerprint density at radius 1 is 1.47 bits per heavy atom. The molecule has 1 aromatic carbocycles. The third-order valence-electron chi connectivity index (χ3n) is 2.53. The van der Waals surface area contributed by atoms with Crippen molar-refractivity contribution in [2.45, 2.75) is 19.3 Å². The molecule has 0 bridgehead atoms. The van der Waals surface area contributed by atoms with Gasteiger partial charge in [-0.3, -0.25) is 4.79 Å². The molecule has 0 spiro atoms. The van der Waals surface area contributed by atoms with Gasteiger partial charge >= 0.3 is 0 Å². The van der Waals surface area contributed by atoms with Crippen molar-refractivity contribution < 1.29 is 4.79 Å². The second-order valence-electron chi connectivity index (χ2n) is 3.69. The van der Waals surface area contributed by atoms with Gasteiger partial charge in [0, 0.05) is 6.54 Å². The van der Waals surface area contributed by atoms with Crippen LogP contribution in [0, 0.1) is 0 Å². The summed E-state index contributed by atoms with van der Waals surface area (Å²) < 4.78 is 1.85. The highest BCUT2D eigenvalue weighted by molar-refractivity contribution is 6.16. The molecule has 4 nitrogen and oxygen atoms in total. The van der Waals surface area contributed by atoms with E-state index in [0.29, 0.717) is 12.4 Å². The Morgan fingerprint density at radius 2 is 2.24 bits per heavy atom. The first kappa shape index (κ1) is 11.9. The third kappa shape index (κ3) is 2.42. The first-order chi connectivity index (χ1) is 8.26. The van der Waals surface area contributed by atoms with Crippen LogP contribution in [0.5, 0.6) is 0 Å². The minimum atomic E-state index is -0.0259. The van der Waals surface area contributed by atoms with Crippen molar-refractivity contribution in [3.63, 3.8) is 0 Å². The summed E-state index contributed by atoms with van der Waals surface area (Å²) in [5.74, 6) is 0.995. The van der Waals surface area contributed by atoms with Gasteiger partial charge in [0.1, 0.15) is 12.4 Å². The molecule has 0 aliphatic rings. The molecule has 90 valence electrons. The molecule has 1 amide bonds. The van der Waals surface area contributed by atoms with Crippen molar-refractivity contribution >= 4 is 28.5 Å². The van der Waals surface area contributed by atoms with Crippen LogP contribution in [-0.4, -0.2) is 22.0 Å². The van der Waals surface area contributed by atoms with E-state index in [4.69, 9.17) is 11.6 Å². The average molecular weight is 252 g/mol. The van der Waals surface area contributed by atoms with Crippen LogP contribution in [-0.2, 0) is 17.2 Å². The van der Waals surface area contributed by atoms with E-state index in [2.05, 4.69) is 10.3 Å². The molecule has 0 fully saturated rings. The summed E-state index contributed by atoms with van der Waals surface area (Å²) in [5.41, 5.74) is 1.81. The Bertz CT molecular complexity index is 536. The number of hydrogen-bond donors (Lipinski definition) is 1. The SMILES string of the molecule is CCNC(=O)Cn1c(CCl)nc2ccccc21. The maximum atomic E-state index is 11.6. The number of benzene rings is 1. The summed E-state index contributed by atoms with van der Waals surface area (Å²) in [6, 6.07) is 7.71. The molecule has 2 aromatic rings. The summed E-state index contributed by atoms with van der Waals surface area (Å²) in [5, 5.41) is 2.77. The number of carbonyl (C=O) groups is 1. The maximum Gasteiger partial charge on any atom is 0.239 e. The lowest BCUT2D eigenvalue weighted by Crippen LogP contribution is -2.27. The highest BCUT2D eigenvalue weighted by atomic mass is 35.5. The molecule has 0 atom stereocenters. The minimum absolute atomic E-state index is 0.0259. The van der Waals surface area contributed by atoms with Gasteiger partial charge in [-0.25, -0.2) is 4.98 Å². The molecule has 0 aliphatic heterocycles. The van der Waals surface area contributed by atoms with Crippen molar-refractivity contribution in [1.29, 1.82) is 0 Å². The number of amides is 1. The Labute approximate surface area is 105 Å². The lowest BCUT2D eigenvalue weighted by atomic mass is 10.3. The number of fused-ring (bicyclic) bond motifs is 1. The number of imidazole rings is 1. The van der Waals surface area contributed by atoms with E-state index in [0.717, 1.165) is 16.9 Å². The van der Waals surface area contributed by atoms with Crippen LogP contribution < -0.4 is 5.32 Å². The fraction of sp³-hybridized carbons (Fsp3) is 0.333. The van der Waals surface area contributed by atoms with E-state index in [-0.39, 0.29) is 12.5 Å². The third-order valence-corrected chi connectivity index (χ3v) is 2.77. The van der Waals surface area contributed by atoms with Crippen LogP contribution in [0.25, 0.3) is 11.0 Å². The zero-order chi connectivity index (χ0) is 12.3. The van der Waals surface area contributed by atoms with Crippen molar-refractivity contribution in [1.82, 2.24) is 14.9 Å². The van der Waals surface area contributed by atoms with Gasteiger partial charge in [-0.15, -0.1) is 11.6 Å². The van der Waals surface area contributed by atoms with Gasteiger partial charge in [-0.2, -0.15) is 0 Å². The van der Waals surface area contributed by atoms with Crippen LogP contribution in [0.4, 0.5) is 0 Å². The number of alkyl halides is 1. The molecule has 17 heavy (non-hydrogen) atoms. The number of nitrogens with one attached hydrogen (secondary N) is 1. The molecule has 5 heteroatoms. The minimum Gasteiger partial charge on any atom is -0.355 e. The first-order valence-electron chi connectivity index (χ1n) is 5.53. The Balaban J connectivity index is 2.39.